The highest BCUT2D eigenvalue weighted by molar-refractivity contribution is 7.09. The van der Waals surface area contributed by atoms with Crippen molar-refractivity contribution in [1.82, 2.24) is 4.98 Å². The third-order valence-corrected chi connectivity index (χ3v) is 4.57. The van der Waals surface area contributed by atoms with Crippen molar-refractivity contribution in [1.29, 1.82) is 0 Å². The van der Waals surface area contributed by atoms with E-state index < -0.39 is 0 Å². The lowest BCUT2D eigenvalue weighted by Gasteiger charge is -2.15. The van der Waals surface area contributed by atoms with Crippen molar-refractivity contribution in [2.45, 2.75) is 25.7 Å². The van der Waals surface area contributed by atoms with Crippen LogP contribution < -0.4 is 11.1 Å². The number of hydrogen-bond donors (Lipinski definition) is 2. The highest BCUT2D eigenvalue weighted by atomic mass is 35.5. The number of anilines is 1. The molecule has 0 saturated carbocycles. The highest BCUT2D eigenvalue weighted by Gasteiger charge is 2.18. The minimum atomic E-state index is -0.261. The number of nitrogens with two attached hydrogens (primary N) is 1. The topological polar surface area (TPSA) is 85.1 Å². The first-order valence-corrected chi connectivity index (χ1v) is 8.17. The molecule has 0 radical (unpaired) electrons. The molecule has 1 heterocycles. The number of thiazole rings is 1. The van der Waals surface area contributed by atoms with Crippen molar-refractivity contribution in [2.24, 2.45) is 5.73 Å². The predicted octanol–water partition coefficient (Wildman–Crippen LogP) is 2.84. The van der Waals surface area contributed by atoms with E-state index in [0.29, 0.717) is 30.8 Å². The molecule has 0 fully saturated rings. The van der Waals surface area contributed by atoms with Gasteiger partial charge in [0.2, 0.25) is 0 Å². The van der Waals surface area contributed by atoms with Gasteiger partial charge in [0, 0.05) is 29.5 Å². The van der Waals surface area contributed by atoms with Crippen LogP contribution in [-0.2, 0) is 12.8 Å². The van der Waals surface area contributed by atoms with Gasteiger partial charge in [-0.05, 0) is 37.1 Å². The quantitative estimate of drug-likeness (QED) is 0.887. The molecule has 1 aromatic carbocycles. The van der Waals surface area contributed by atoms with Crippen molar-refractivity contribution >= 4 is 41.1 Å². The maximum atomic E-state index is 12.2. The van der Waals surface area contributed by atoms with E-state index in [-0.39, 0.29) is 24.1 Å². The fraction of sp³-hybridized carbons (Fsp3) is 0.312. The smallest absolute Gasteiger partial charge is 0.275 e. The third kappa shape index (κ3) is 3.96. The van der Waals surface area contributed by atoms with E-state index in [4.69, 9.17) is 5.73 Å². The lowest BCUT2D eigenvalue weighted by Crippen LogP contribution is -2.15. The van der Waals surface area contributed by atoms with Crippen molar-refractivity contribution in [2.75, 3.05) is 11.9 Å². The second-order valence-electron chi connectivity index (χ2n) is 5.27. The molecular weight excluding hydrogens is 334 g/mol. The number of Topliss-reactive ketones (excluding diaryl/α,β-unsaturated/α-hetero) is 1. The highest BCUT2D eigenvalue weighted by Crippen LogP contribution is 2.24. The maximum Gasteiger partial charge on any atom is 0.275 e. The van der Waals surface area contributed by atoms with Crippen LogP contribution >= 0.6 is 23.7 Å². The SMILES string of the molecule is Cl.NCCc1nc(C(=O)Nc2ccc3c(c2)C(=O)CCC3)cs1. The number of aryl methyl sites for hydroxylation is 1. The molecule has 1 aliphatic rings. The Bertz CT molecular complexity index is 730. The van der Waals surface area contributed by atoms with Gasteiger partial charge in [0.1, 0.15) is 5.69 Å². The number of hydrogen-bond acceptors (Lipinski definition) is 5. The van der Waals surface area contributed by atoms with Gasteiger partial charge in [0.05, 0.1) is 5.01 Å². The Labute approximate surface area is 144 Å². The molecule has 2 aromatic rings. The number of nitrogens with zero attached hydrogens (tertiary/aromatic N) is 1. The summed E-state index contributed by atoms with van der Waals surface area (Å²) in [5.74, 6) is -0.112. The molecule has 0 aliphatic heterocycles. The molecule has 1 aromatic heterocycles. The largest absolute Gasteiger partial charge is 0.330 e. The molecule has 0 bridgehead atoms. The minimum Gasteiger partial charge on any atom is -0.330 e. The Morgan fingerprint density at radius 1 is 1.35 bits per heavy atom. The molecule has 7 heteroatoms. The Hall–Kier alpha value is -1.76. The van der Waals surface area contributed by atoms with Crippen LogP contribution in [0.4, 0.5) is 5.69 Å². The Morgan fingerprint density at radius 2 is 2.17 bits per heavy atom. The number of aromatic nitrogens is 1. The molecule has 3 N–H and O–H groups in total. The van der Waals surface area contributed by atoms with Crippen molar-refractivity contribution in [3.8, 4) is 0 Å². The number of nitrogens with one attached hydrogen (secondary N) is 1. The lowest BCUT2D eigenvalue weighted by molar-refractivity contribution is 0.0970. The zero-order valence-electron chi connectivity index (χ0n) is 12.5. The summed E-state index contributed by atoms with van der Waals surface area (Å²) in [6.45, 7) is 0.515. The van der Waals surface area contributed by atoms with Crippen molar-refractivity contribution < 1.29 is 9.59 Å². The first-order chi connectivity index (χ1) is 10.7. The lowest BCUT2D eigenvalue weighted by atomic mass is 9.90. The summed E-state index contributed by atoms with van der Waals surface area (Å²) < 4.78 is 0. The van der Waals surface area contributed by atoms with Gasteiger partial charge in [0.25, 0.3) is 5.91 Å². The fourth-order valence-electron chi connectivity index (χ4n) is 2.55. The average molecular weight is 352 g/mol. The van der Waals surface area contributed by atoms with E-state index in [1.165, 1.54) is 11.3 Å². The van der Waals surface area contributed by atoms with E-state index in [2.05, 4.69) is 10.3 Å². The van der Waals surface area contributed by atoms with Gasteiger partial charge in [-0.2, -0.15) is 0 Å². The molecule has 1 aliphatic carbocycles. The zero-order valence-corrected chi connectivity index (χ0v) is 14.1. The zero-order chi connectivity index (χ0) is 15.5. The summed E-state index contributed by atoms with van der Waals surface area (Å²) in [5.41, 5.74) is 8.29. The van der Waals surface area contributed by atoms with Gasteiger partial charge >= 0.3 is 0 Å². The van der Waals surface area contributed by atoms with Gasteiger partial charge < -0.3 is 11.1 Å². The molecule has 122 valence electrons. The third-order valence-electron chi connectivity index (χ3n) is 3.66. The number of carbonyl (C=O) groups is 2. The Morgan fingerprint density at radius 3 is 2.96 bits per heavy atom. The number of ketones is 1. The maximum absolute atomic E-state index is 12.2. The normalized spacial score (nSPS) is 13.2. The fourth-order valence-corrected chi connectivity index (χ4v) is 3.35. The van der Waals surface area contributed by atoms with Crippen LogP contribution in [0.15, 0.2) is 23.6 Å². The number of halogens is 1. The van der Waals surface area contributed by atoms with Crippen LogP contribution in [-0.4, -0.2) is 23.2 Å². The summed E-state index contributed by atoms with van der Waals surface area (Å²) in [6.07, 6.45) is 3.08. The Balaban J connectivity index is 0.00000192. The van der Waals surface area contributed by atoms with Gasteiger partial charge in [-0.15, -0.1) is 23.7 Å². The van der Waals surface area contributed by atoms with E-state index in [9.17, 15) is 9.59 Å². The summed E-state index contributed by atoms with van der Waals surface area (Å²) in [7, 11) is 0. The van der Waals surface area contributed by atoms with Crippen LogP contribution in [0.25, 0.3) is 0 Å². The van der Waals surface area contributed by atoms with E-state index in [1.54, 1.807) is 11.4 Å². The average Bonchev–Trinajstić information content (AvgIpc) is 2.97. The van der Waals surface area contributed by atoms with Gasteiger partial charge in [0.15, 0.2) is 5.78 Å². The standard InChI is InChI=1S/C16H17N3O2S.ClH/c17-7-6-15-19-13(9-22-15)16(21)18-11-5-4-10-2-1-3-14(20)12(10)8-11;/h4-5,8-9H,1-3,6-7,17H2,(H,18,21);1H. The number of fused-ring (bicyclic) bond motifs is 1. The molecule has 0 spiro atoms. The second kappa shape index (κ2) is 7.68. The Kier molecular flexibility index (Phi) is 5.87. The minimum absolute atomic E-state index is 0. The summed E-state index contributed by atoms with van der Waals surface area (Å²) >= 11 is 1.43. The van der Waals surface area contributed by atoms with Crippen LogP contribution in [0.3, 0.4) is 0 Å². The molecule has 3 rings (SSSR count). The van der Waals surface area contributed by atoms with Crippen LogP contribution in [0.5, 0.6) is 0 Å². The van der Waals surface area contributed by atoms with Crippen molar-refractivity contribution in [3.63, 3.8) is 0 Å². The van der Waals surface area contributed by atoms with Crippen LogP contribution in [0, 0.1) is 0 Å². The van der Waals surface area contributed by atoms with E-state index >= 15 is 0 Å². The first kappa shape index (κ1) is 17.6. The monoisotopic (exact) mass is 351 g/mol. The first-order valence-electron chi connectivity index (χ1n) is 7.29. The van der Waals surface area contributed by atoms with Crippen LogP contribution in [0.2, 0.25) is 0 Å². The summed E-state index contributed by atoms with van der Waals surface area (Å²) in [4.78, 5) is 28.4. The predicted molar refractivity (Wildman–Crippen MR) is 93.8 cm³/mol. The summed E-state index contributed by atoms with van der Waals surface area (Å²) in [5, 5.41) is 5.39. The molecule has 5 nitrogen and oxygen atoms in total. The molecule has 23 heavy (non-hydrogen) atoms. The summed E-state index contributed by atoms with van der Waals surface area (Å²) in [6, 6.07) is 5.52. The van der Waals surface area contributed by atoms with E-state index in [1.807, 2.05) is 12.1 Å². The molecule has 0 atom stereocenters. The van der Waals surface area contributed by atoms with Gasteiger partial charge in [-0.1, -0.05) is 6.07 Å². The van der Waals surface area contributed by atoms with Gasteiger partial charge in [-0.3, -0.25) is 9.59 Å². The molecular formula is C16H18ClN3O2S. The molecule has 1 amide bonds. The number of carbonyl (C=O) groups excluding carboxylic acids is 2. The second-order valence-corrected chi connectivity index (χ2v) is 6.21. The number of rotatable bonds is 4. The van der Waals surface area contributed by atoms with E-state index in [0.717, 1.165) is 29.0 Å². The van der Waals surface area contributed by atoms with Crippen molar-refractivity contribution in [3.05, 3.63) is 45.4 Å². The molecule has 0 unspecified atom stereocenters. The molecule has 0 saturated heterocycles. The van der Waals surface area contributed by atoms with Crippen LogP contribution in [0.1, 0.15) is 44.3 Å². The van der Waals surface area contributed by atoms with Gasteiger partial charge in [-0.25, -0.2) is 4.98 Å². The number of amides is 1. The number of benzene rings is 1.